The molecule has 0 aromatic rings. The Morgan fingerprint density at radius 3 is 2.44 bits per heavy atom. The van der Waals surface area contributed by atoms with Crippen molar-refractivity contribution in [2.24, 2.45) is 11.7 Å². The van der Waals surface area contributed by atoms with Gasteiger partial charge in [0.15, 0.2) is 0 Å². The SMILES string of the molecule is CC1CCN(S(=O)(=O)N2CCCCC2C)C1CN. The zero-order valence-corrected chi connectivity index (χ0v) is 12.2. The van der Waals surface area contributed by atoms with E-state index in [9.17, 15) is 8.42 Å². The summed E-state index contributed by atoms with van der Waals surface area (Å²) in [6.45, 7) is 5.79. The van der Waals surface area contributed by atoms with Crippen molar-refractivity contribution in [3.8, 4) is 0 Å². The molecule has 0 aromatic carbocycles. The monoisotopic (exact) mass is 275 g/mol. The summed E-state index contributed by atoms with van der Waals surface area (Å²) >= 11 is 0. The van der Waals surface area contributed by atoms with Gasteiger partial charge in [-0.3, -0.25) is 0 Å². The van der Waals surface area contributed by atoms with Gasteiger partial charge in [0.05, 0.1) is 0 Å². The lowest BCUT2D eigenvalue weighted by molar-refractivity contribution is 0.237. The smallest absolute Gasteiger partial charge is 0.282 e. The molecule has 0 bridgehead atoms. The van der Waals surface area contributed by atoms with Crippen molar-refractivity contribution in [2.45, 2.75) is 51.6 Å². The molecule has 106 valence electrons. The number of hydrogen-bond acceptors (Lipinski definition) is 3. The Morgan fingerprint density at radius 1 is 1.11 bits per heavy atom. The van der Waals surface area contributed by atoms with Gasteiger partial charge in [-0.05, 0) is 32.1 Å². The van der Waals surface area contributed by atoms with E-state index in [1.54, 1.807) is 8.61 Å². The van der Waals surface area contributed by atoms with Gasteiger partial charge in [0.2, 0.25) is 0 Å². The third-order valence-electron chi connectivity index (χ3n) is 4.41. The maximum Gasteiger partial charge on any atom is 0.282 e. The van der Waals surface area contributed by atoms with E-state index in [2.05, 4.69) is 6.92 Å². The van der Waals surface area contributed by atoms with E-state index < -0.39 is 10.2 Å². The van der Waals surface area contributed by atoms with Gasteiger partial charge in [-0.2, -0.15) is 17.0 Å². The summed E-state index contributed by atoms with van der Waals surface area (Å²) in [5.74, 6) is 0.366. The van der Waals surface area contributed by atoms with Crippen molar-refractivity contribution < 1.29 is 8.42 Å². The molecule has 0 spiro atoms. The van der Waals surface area contributed by atoms with Gasteiger partial charge in [0, 0.05) is 31.7 Å². The second kappa shape index (κ2) is 5.45. The summed E-state index contributed by atoms with van der Waals surface area (Å²) in [5.41, 5.74) is 5.75. The van der Waals surface area contributed by atoms with Crippen LogP contribution in [0.25, 0.3) is 0 Å². The summed E-state index contributed by atoms with van der Waals surface area (Å²) in [5, 5.41) is 0. The fraction of sp³-hybridized carbons (Fsp3) is 1.00. The molecule has 2 N–H and O–H groups in total. The first-order chi connectivity index (χ1) is 8.48. The van der Waals surface area contributed by atoms with E-state index in [4.69, 9.17) is 5.73 Å². The number of hydrogen-bond donors (Lipinski definition) is 1. The summed E-state index contributed by atoms with van der Waals surface area (Å²) < 4.78 is 28.7. The average molecular weight is 275 g/mol. The van der Waals surface area contributed by atoms with Crippen LogP contribution in [0.1, 0.15) is 39.5 Å². The standard InChI is InChI=1S/C12H25N3O2S/c1-10-6-8-15(12(10)9-13)18(16,17)14-7-4-3-5-11(14)2/h10-12H,3-9,13H2,1-2H3. The first-order valence-electron chi connectivity index (χ1n) is 6.97. The molecule has 5 nitrogen and oxygen atoms in total. The molecule has 0 radical (unpaired) electrons. The van der Waals surface area contributed by atoms with Crippen LogP contribution in [0, 0.1) is 5.92 Å². The topological polar surface area (TPSA) is 66.6 Å². The molecule has 2 heterocycles. The summed E-state index contributed by atoms with van der Waals surface area (Å²) in [7, 11) is -3.32. The number of piperidine rings is 1. The first kappa shape index (κ1) is 14.2. The first-order valence-corrected chi connectivity index (χ1v) is 8.37. The second-order valence-electron chi connectivity index (χ2n) is 5.64. The van der Waals surface area contributed by atoms with E-state index in [0.29, 0.717) is 25.6 Å². The number of nitrogens with two attached hydrogens (primary N) is 1. The van der Waals surface area contributed by atoms with Crippen LogP contribution in [0.2, 0.25) is 0 Å². The molecule has 2 fully saturated rings. The van der Waals surface area contributed by atoms with Crippen molar-refractivity contribution in [2.75, 3.05) is 19.6 Å². The van der Waals surface area contributed by atoms with Crippen LogP contribution in [0.3, 0.4) is 0 Å². The van der Waals surface area contributed by atoms with Crippen molar-refractivity contribution in [1.29, 1.82) is 0 Å². The van der Waals surface area contributed by atoms with E-state index >= 15 is 0 Å². The molecule has 2 aliphatic rings. The largest absolute Gasteiger partial charge is 0.329 e. The molecule has 2 saturated heterocycles. The van der Waals surface area contributed by atoms with E-state index in [0.717, 1.165) is 25.7 Å². The maximum absolute atomic E-state index is 12.7. The lowest BCUT2D eigenvalue weighted by Gasteiger charge is -2.37. The molecule has 0 saturated carbocycles. The van der Waals surface area contributed by atoms with Crippen LogP contribution >= 0.6 is 0 Å². The van der Waals surface area contributed by atoms with Gasteiger partial charge >= 0.3 is 0 Å². The minimum Gasteiger partial charge on any atom is -0.329 e. The summed E-state index contributed by atoms with van der Waals surface area (Å²) in [6.07, 6.45) is 3.99. The van der Waals surface area contributed by atoms with Crippen LogP contribution in [0.5, 0.6) is 0 Å². The molecule has 6 heteroatoms. The molecule has 3 atom stereocenters. The highest BCUT2D eigenvalue weighted by Crippen LogP contribution is 2.30. The number of nitrogens with zero attached hydrogens (tertiary/aromatic N) is 2. The fourth-order valence-electron chi connectivity index (χ4n) is 3.16. The third kappa shape index (κ3) is 2.43. The molecule has 2 aliphatic heterocycles. The van der Waals surface area contributed by atoms with Crippen molar-refractivity contribution in [1.82, 2.24) is 8.61 Å². The van der Waals surface area contributed by atoms with Crippen LogP contribution in [-0.2, 0) is 10.2 Å². The highest BCUT2D eigenvalue weighted by molar-refractivity contribution is 7.86. The Kier molecular flexibility index (Phi) is 4.31. The lowest BCUT2D eigenvalue weighted by atomic mass is 10.0. The Morgan fingerprint density at radius 2 is 1.83 bits per heavy atom. The van der Waals surface area contributed by atoms with Crippen LogP contribution in [0.4, 0.5) is 0 Å². The minimum atomic E-state index is -3.32. The van der Waals surface area contributed by atoms with E-state index in [1.807, 2.05) is 6.92 Å². The van der Waals surface area contributed by atoms with Gasteiger partial charge in [0.25, 0.3) is 10.2 Å². The molecule has 0 aromatic heterocycles. The van der Waals surface area contributed by atoms with Gasteiger partial charge < -0.3 is 5.73 Å². The predicted octanol–water partition coefficient (Wildman–Crippen LogP) is 0.775. The maximum atomic E-state index is 12.7. The Labute approximate surface area is 110 Å². The highest BCUT2D eigenvalue weighted by atomic mass is 32.2. The van der Waals surface area contributed by atoms with E-state index in [-0.39, 0.29) is 12.1 Å². The Hall–Kier alpha value is -0.170. The second-order valence-corrected chi connectivity index (χ2v) is 7.48. The molecule has 0 amide bonds. The van der Waals surface area contributed by atoms with Crippen LogP contribution in [0.15, 0.2) is 0 Å². The van der Waals surface area contributed by atoms with Gasteiger partial charge in [-0.1, -0.05) is 13.3 Å². The van der Waals surface area contributed by atoms with Gasteiger partial charge in [-0.15, -0.1) is 0 Å². The zero-order chi connectivity index (χ0) is 13.3. The minimum absolute atomic E-state index is 0.0240. The molecular formula is C12H25N3O2S. The molecular weight excluding hydrogens is 250 g/mol. The quantitative estimate of drug-likeness (QED) is 0.827. The highest BCUT2D eigenvalue weighted by Gasteiger charge is 2.42. The third-order valence-corrected chi connectivity index (χ3v) is 6.59. The fourth-order valence-corrected chi connectivity index (χ4v) is 5.32. The number of rotatable bonds is 3. The molecule has 2 rings (SSSR count). The van der Waals surface area contributed by atoms with Crippen molar-refractivity contribution in [3.05, 3.63) is 0 Å². The predicted molar refractivity (Wildman–Crippen MR) is 72.3 cm³/mol. The lowest BCUT2D eigenvalue weighted by Crippen LogP contribution is -2.53. The van der Waals surface area contributed by atoms with Gasteiger partial charge in [0.1, 0.15) is 0 Å². The van der Waals surface area contributed by atoms with Gasteiger partial charge in [-0.25, -0.2) is 0 Å². The van der Waals surface area contributed by atoms with Crippen molar-refractivity contribution >= 4 is 10.2 Å². The molecule has 3 unspecified atom stereocenters. The molecule has 0 aliphatic carbocycles. The summed E-state index contributed by atoms with van der Waals surface area (Å²) in [4.78, 5) is 0. The zero-order valence-electron chi connectivity index (χ0n) is 11.4. The van der Waals surface area contributed by atoms with E-state index in [1.165, 1.54) is 0 Å². The summed E-state index contributed by atoms with van der Waals surface area (Å²) in [6, 6.07) is 0.0993. The van der Waals surface area contributed by atoms with Crippen LogP contribution < -0.4 is 5.73 Å². The van der Waals surface area contributed by atoms with Crippen LogP contribution in [-0.4, -0.2) is 48.7 Å². The molecule has 18 heavy (non-hydrogen) atoms. The average Bonchev–Trinajstić information content (AvgIpc) is 2.71. The Balaban J connectivity index is 2.20. The Bertz CT molecular complexity index is 385. The van der Waals surface area contributed by atoms with Crippen molar-refractivity contribution in [3.63, 3.8) is 0 Å². The normalized spacial score (nSPS) is 36.1.